The Morgan fingerprint density at radius 3 is 2.29 bits per heavy atom. The van der Waals surface area contributed by atoms with Crippen molar-refractivity contribution in [3.63, 3.8) is 0 Å². The maximum absolute atomic E-state index is 13.6. The highest BCUT2D eigenvalue weighted by Gasteiger charge is 2.60. The number of benzene rings is 3. The molecule has 3 atom stereocenters. The van der Waals surface area contributed by atoms with Gasteiger partial charge in [0.15, 0.2) is 6.10 Å². The summed E-state index contributed by atoms with van der Waals surface area (Å²) in [6.07, 6.45) is -0.940. The predicted molar refractivity (Wildman–Crippen MR) is 120 cm³/mol. The number of hydrogen-bond donors (Lipinski definition) is 0. The SMILES string of the molecule is Cc1cccc(N2C(=O)[C@@H]3[C@H](ON(c4ccccc4)[C@H]3c3ccc(Cl)cc3Cl)C2=O)c1. The Bertz CT molecular complexity index is 1180. The molecular weight excluding hydrogens is 435 g/mol. The average Bonchev–Trinajstić information content (AvgIpc) is 3.25. The summed E-state index contributed by atoms with van der Waals surface area (Å²) in [5.74, 6) is -1.43. The first kappa shape index (κ1) is 20.1. The van der Waals surface area contributed by atoms with Gasteiger partial charge in [-0.15, -0.1) is 0 Å². The van der Waals surface area contributed by atoms with E-state index < -0.39 is 18.1 Å². The molecule has 0 aromatic heterocycles. The predicted octanol–water partition coefficient (Wildman–Crippen LogP) is 5.35. The summed E-state index contributed by atoms with van der Waals surface area (Å²) in [4.78, 5) is 34.2. The first-order valence-electron chi connectivity index (χ1n) is 9.86. The van der Waals surface area contributed by atoms with Crippen molar-refractivity contribution in [3.05, 3.63) is 94.0 Å². The number of carbonyl (C=O) groups excluding carboxylic acids is 2. The Morgan fingerprint density at radius 1 is 0.839 bits per heavy atom. The van der Waals surface area contributed by atoms with Crippen molar-refractivity contribution in [2.24, 2.45) is 5.92 Å². The molecule has 0 aliphatic carbocycles. The van der Waals surface area contributed by atoms with Gasteiger partial charge in [-0.1, -0.05) is 59.6 Å². The van der Waals surface area contributed by atoms with Crippen LogP contribution in [0.4, 0.5) is 11.4 Å². The number of anilines is 2. The molecule has 31 heavy (non-hydrogen) atoms. The molecule has 0 bridgehead atoms. The highest BCUT2D eigenvalue weighted by Crippen LogP contribution is 2.49. The van der Waals surface area contributed by atoms with E-state index in [1.807, 2.05) is 55.5 Å². The van der Waals surface area contributed by atoms with Crippen molar-refractivity contribution in [3.8, 4) is 0 Å². The topological polar surface area (TPSA) is 49.9 Å². The lowest BCUT2D eigenvalue weighted by molar-refractivity contribution is -0.126. The van der Waals surface area contributed by atoms with E-state index in [-0.39, 0.29) is 11.8 Å². The Labute approximate surface area is 189 Å². The minimum Gasteiger partial charge on any atom is -0.273 e. The van der Waals surface area contributed by atoms with Crippen LogP contribution < -0.4 is 9.96 Å². The van der Waals surface area contributed by atoms with E-state index in [0.29, 0.717) is 21.3 Å². The maximum atomic E-state index is 13.6. The van der Waals surface area contributed by atoms with Crippen molar-refractivity contribution < 1.29 is 14.4 Å². The molecule has 0 spiro atoms. The van der Waals surface area contributed by atoms with Crippen LogP contribution in [0.1, 0.15) is 17.2 Å². The molecule has 3 aromatic carbocycles. The smallest absolute Gasteiger partial charge is 0.266 e. The van der Waals surface area contributed by atoms with E-state index in [1.54, 1.807) is 29.3 Å². The van der Waals surface area contributed by atoms with Crippen LogP contribution in [0.2, 0.25) is 10.0 Å². The molecule has 2 amide bonds. The molecule has 3 aromatic rings. The first-order chi connectivity index (χ1) is 15.0. The van der Waals surface area contributed by atoms with Crippen LogP contribution in [0.15, 0.2) is 72.8 Å². The Balaban J connectivity index is 1.62. The zero-order valence-electron chi connectivity index (χ0n) is 16.5. The van der Waals surface area contributed by atoms with Crippen LogP contribution in [0.5, 0.6) is 0 Å². The summed E-state index contributed by atoms with van der Waals surface area (Å²) in [5.41, 5.74) is 2.91. The number of para-hydroxylation sites is 1. The van der Waals surface area contributed by atoms with Gasteiger partial charge < -0.3 is 0 Å². The fourth-order valence-electron chi connectivity index (χ4n) is 4.29. The van der Waals surface area contributed by atoms with Crippen LogP contribution in [-0.4, -0.2) is 17.9 Å². The molecule has 2 aliphatic heterocycles. The number of hydroxylamine groups is 1. The van der Waals surface area contributed by atoms with Gasteiger partial charge in [0.05, 0.1) is 17.4 Å². The van der Waals surface area contributed by atoms with Gasteiger partial charge in [-0.25, -0.2) is 9.96 Å². The fourth-order valence-corrected chi connectivity index (χ4v) is 4.81. The lowest BCUT2D eigenvalue weighted by Gasteiger charge is -2.29. The van der Waals surface area contributed by atoms with E-state index in [0.717, 1.165) is 11.3 Å². The van der Waals surface area contributed by atoms with Crippen molar-refractivity contribution in [2.45, 2.75) is 19.1 Å². The van der Waals surface area contributed by atoms with Crippen LogP contribution in [-0.2, 0) is 14.4 Å². The van der Waals surface area contributed by atoms with Crippen LogP contribution in [0.3, 0.4) is 0 Å². The van der Waals surface area contributed by atoms with Gasteiger partial charge in [-0.05, 0) is 54.4 Å². The van der Waals surface area contributed by atoms with E-state index in [4.69, 9.17) is 28.0 Å². The van der Waals surface area contributed by atoms with Crippen molar-refractivity contribution in [2.75, 3.05) is 9.96 Å². The second-order valence-corrected chi connectivity index (χ2v) is 8.52. The maximum Gasteiger partial charge on any atom is 0.266 e. The standard InChI is InChI=1S/C24H18Cl2N2O3/c1-14-6-5-9-17(12-14)27-23(29)20-21(18-11-10-15(25)13-19(18)26)28(31-22(20)24(27)30)16-7-3-2-4-8-16/h2-13,20-22H,1H3/t20-,21-,22-/m0/s1. The number of amides is 2. The zero-order chi connectivity index (χ0) is 21.7. The average molecular weight is 453 g/mol. The molecule has 0 N–H and O–H groups in total. The van der Waals surface area contributed by atoms with Gasteiger partial charge in [-0.3, -0.25) is 14.4 Å². The first-order valence-corrected chi connectivity index (χ1v) is 10.6. The van der Waals surface area contributed by atoms with Crippen LogP contribution in [0.25, 0.3) is 0 Å². The largest absolute Gasteiger partial charge is 0.273 e. The van der Waals surface area contributed by atoms with E-state index >= 15 is 0 Å². The van der Waals surface area contributed by atoms with Crippen molar-refractivity contribution >= 4 is 46.4 Å². The second-order valence-electron chi connectivity index (χ2n) is 7.67. The summed E-state index contributed by atoms with van der Waals surface area (Å²) in [7, 11) is 0. The molecule has 5 nitrogen and oxygen atoms in total. The van der Waals surface area contributed by atoms with E-state index in [2.05, 4.69) is 0 Å². The number of nitrogens with zero attached hydrogens (tertiary/aromatic N) is 2. The summed E-state index contributed by atoms with van der Waals surface area (Å²) in [5, 5.41) is 2.52. The molecule has 2 aliphatic rings. The van der Waals surface area contributed by atoms with Gasteiger partial charge >= 0.3 is 0 Å². The van der Waals surface area contributed by atoms with Crippen molar-refractivity contribution in [1.82, 2.24) is 0 Å². The van der Waals surface area contributed by atoms with Gasteiger partial charge in [0.2, 0.25) is 5.91 Å². The highest BCUT2D eigenvalue weighted by atomic mass is 35.5. The third-order valence-corrected chi connectivity index (χ3v) is 6.23. The van der Waals surface area contributed by atoms with Gasteiger partial charge in [0.1, 0.15) is 5.92 Å². The normalized spacial score (nSPS) is 22.9. The molecule has 2 fully saturated rings. The lowest BCUT2D eigenvalue weighted by atomic mass is 9.90. The van der Waals surface area contributed by atoms with Gasteiger partial charge in [0.25, 0.3) is 5.91 Å². The third-order valence-electron chi connectivity index (χ3n) is 5.67. The molecule has 0 radical (unpaired) electrons. The van der Waals surface area contributed by atoms with Gasteiger partial charge in [-0.2, -0.15) is 0 Å². The molecule has 2 saturated heterocycles. The molecule has 0 unspecified atom stereocenters. The number of aryl methyl sites for hydroxylation is 1. The number of rotatable bonds is 3. The highest BCUT2D eigenvalue weighted by molar-refractivity contribution is 6.35. The number of carbonyl (C=O) groups is 2. The minimum absolute atomic E-state index is 0.310. The van der Waals surface area contributed by atoms with E-state index in [1.165, 1.54) is 4.90 Å². The Hall–Kier alpha value is -2.86. The summed E-state index contributed by atoms with van der Waals surface area (Å²) in [6.45, 7) is 1.92. The number of hydrogen-bond acceptors (Lipinski definition) is 4. The quantitative estimate of drug-likeness (QED) is 0.502. The molecule has 5 rings (SSSR count). The number of imide groups is 1. The molecule has 156 valence electrons. The molecule has 7 heteroatoms. The zero-order valence-corrected chi connectivity index (χ0v) is 18.0. The molecular formula is C24H18Cl2N2O3. The van der Waals surface area contributed by atoms with E-state index in [9.17, 15) is 9.59 Å². The fraction of sp³-hybridized carbons (Fsp3) is 0.167. The Kier molecular flexibility index (Phi) is 4.97. The summed E-state index contributed by atoms with van der Waals surface area (Å²) < 4.78 is 0. The lowest BCUT2D eigenvalue weighted by Crippen LogP contribution is -2.37. The number of fused-ring (bicyclic) bond motifs is 1. The number of halogens is 2. The summed E-state index contributed by atoms with van der Waals surface area (Å²) >= 11 is 12.6. The second kappa shape index (κ2) is 7.68. The van der Waals surface area contributed by atoms with Gasteiger partial charge in [0, 0.05) is 10.0 Å². The molecule has 2 heterocycles. The van der Waals surface area contributed by atoms with Crippen molar-refractivity contribution in [1.29, 1.82) is 0 Å². The third kappa shape index (κ3) is 3.30. The van der Waals surface area contributed by atoms with Crippen LogP contribution >= 0.6 is 23.2 Å². The summed E-state index contributed by atoms with van der Waals surface area (Å²) in [6, 6.07) is 21.2. The molecule has 0 saturated carbocycles. The monoisotopic (exact) mass is 452 g/mol. The van der Waals surface area contributed by atoms with Crippen LogP contribution in [0, 0.1) is 12.8 Å². The minimum atomic E-state index is -0.940. The Morgan fingerprint density at radius 2 is 1.58 bits per heavy atom.